The van der Waals surface area contributed by atoms with Crippen molar-refractivity contribution in [2.45, 2.75) is 25.0 Å². The predicted molar refractivity (Wildman–Crippen MR) is 118 cm³/mol. The lowest BCUT2D eigenvalue weighted by Crippen LogP contribution is -2.33. The van der Waals surface area contributed by atoms with Crippen LogP contribution in [0.3, 0.4) is 0 Å². The van der Waals surface area contributed by atoms with Crippen LogP contribution in [0.25, 0.3) is 0 Å². The Morgan fingerprint density at radius 2 is 1.72 bits per heavy atom. The summed E-state index contributed by atoms with van der Waals surface area (Å²) in [6.45, 7) is 0.990. The van der Waals surface area contributed by atoms with E-state index in [4.69, 9.17) is 11.5 Å². The summed E-state index contributed by atoms with van der Waals surface area (Å²) in [7, 11) is 1.32. The summed E-state index contributed by atoms with van der Waals surface area (Å²) in [5.74, 6) is -0.434. The molecule has 5 N–H and O–H groups in total. The van der Waals surface area contributed by atoms with Crippen LogP contribution >= 0.6 is 24.8 Å². The number of carbonyl (C=O) groups excluding carboxylic acids is 2. The second kappa shape index (κ2) is 11.0. The Labute approximate surface area is 182 Å². The monoisotopic (exact) mass is 440 g/mol. The standard InChI is InChI=1S/C20H24N4O3.2ClH/c1-27-19(25)17(22)10-13-2-6-15(7-3-13)18-12-23-20(26)24(18)16-8-4-14(11-21)5-9-16;;/h2-9,17-18H,10-12,21-22H2,1H3,(H,23,26);2*1H. The number of urea groups is 1. The van der Waals surface area contributed by atoms with Crippen molar-refractivity contribution in [2.75, 3.05) is 18.6 Å². The second-order valence-electron chi connectivity index (χ2n) is 6.52. The molecule has 0 aromatic heterocycles. The molecule has 158 valence electrons. The largest absolute Gasteiger partial charge is 0.468 e. The molecule has 0 radical (unpaired) electrons. The first-order valence-corrected chi connectivity index (χ1v) is 8.81. The van der Waals surface area contributed by atoms with Gasteiger partial charge in [0, 0.05) is 18.8 Å². The highest BCUT2D eigenvalue weighted by Gasteiger charge is 2.33. The third kappa shape index (κ3) is 5.61. The summed E-state index contributed by atoms with van der Waals surface area (Å²) in [6, 6.07) is 14.5. The maximum Gasteiger partial charge on any atom is 0.322 e. The van der Waals surface area contributed by atoms with Gasteiger partial charge in [0.2, 0.25) is 0 Å². The summed E-state index contributed by atoms with van der Waals surface area (Å²) >= 11 is 0. The van der Waals surface area contributed by atoms with Crippen LogP contribution in [0.15, 0.2) is 48.5 Å². The average molecular weight is 441 g/mol. The van der Waals surface area contributed by atoms with E-state index in [9.17, 15) is 9.59 Å². The van der Waals surface area contributed by atoms with E-state index >= 15 is 0 Å². The summed E-state index contributed by atoms with van der Waals surface area (Å²) in [5.41, 5.74) is 15.2. The lowest BCUT2D eigenvalue weighted by atomic mass is 10.0. The first kappa shape index (κ1) is 24.7. The molecule has 7 nitrogen and oxygen atoms in total. The number of hydrogen-bond acceptors (Lipinski definition) is 5. The minimum Gasteiger partial charge on any atom is -0.468 e. The maximum absolute atomic E-state index is 12.4. The predicted octanol–water partition coefficient (Wildman–Crippen LogP) is 2.30. The first-order valence-electron chi connectivity index (χ1n) is 8.81. The minimum atomic E-state index is -0.687. The number of carbonyl (C=O) groups is 2. The molecule has 1 fully saturated rings. The first-order chi connectivity index (χ1) is 13.0. The second-order valence-corrected chi connectivity index (χ2v) is 6.52. The molecule has 2 aromatic rings. The highest BCUT2D eigenvalue weighted by Crippen LogP contribution is 2.31. The van der Waals surface area contributed by atoms with Crippen molar-refractivity contribution < 1.29 is 14.3 Å². The molecule has 2 amide bonds. The van der Waals surface area contributed by atoms with E-state index in [1.807, 2.05) is 48.5 Å². The zero-order chi connectivity index (χ0) is 19.4. The number of nitrogens with two attached hydrogens (primary N) is 2. The van der Waals surface area contributed by atoms with Crippen molar-refractivity contribution in [1.82, 2.24) is 5.32 Å². The van der Waals surface area contributed by atoms with Gasteiger partial charge in [-0.3, -0.25) is 9.69 Å². The topological polar surface area (TPSA) is 111 Å². The molecule has 0 aliphatic carbocycles. The number of methoxy groups -OCH3 is 1. The van der Waals surface area contributed by atoms with E-state index in [0.29, 0.717) is 19.5 Å². The van der Waals surface area contributed by atoms with Crippen LogP contribution in [0.4, 0.5) is 10.5 Å². The van der Waals surface area contributed by atoms with Gasteiger partial charge in [-0.25, -0.2) is 4.79 Å². The Balaban J connectivity index is 0.00000210. The lowest BCUT2D eigenvalue weighted by Gasteiger charge is -2.24. The molecule has 1 saturated heterocycles. The third-order valence-corrected chi connectivity index (χ3v) is 4.75. The molecule has 2 aromatic carbocycles. The molecule has 9 heteroatoms. The average Bonchev–Trinajstić information content (AvgIpc) is 3.09. The Morgan fingerprint density at radius 1 is 1.14 bits per heavy atom. The van der Waals surface area contributed by atoms with Gasteiger partial charge in [0.15, 0.2) is 0 Å². The van der Waals surface area contributed by atoms with Crippen molar-refractivity contribution in [1.29, 1.82) is 0 Å². The van der Waals surface area contributed by atoms with Crippen LogP contribution in [-0.4, -0.2) is 31.7 Å². The molecule has 2 atom stereocenters. The summed E-state index contributed by atoms with van der Waals surface area (Å²) in [5, 5.41) is 2.90. The number of halogens is 2. The molecular weight excluding hydrogens is 415 g/mol. The number of amides is 2. The normalized spacial score (nSPS) is 16.3. The van der Waals surface area contributed by atoms with Gasteiger partial charge < -0.3 is 21.5 Å². The molecule has 1 aliphatic heterocycles. The molecule has 0 bridgehead atoms. The van der Waals surface area contributed by atoms with E-state index in [0.717, 1.165) is 22.4 Å². The van der Waals surface area contributed by atoms with E-state index in [-0.39, 0.29) is 36.9 Å². The Hall–Kier alpha value is -2.32. The van der Waals surface area contributed by atoms with E-state index in [1.165, 1.54) is 7.11 Å². The number of anilines is 1. The number of rotatable bonds is 6. The summed E-state index contributed by atoms with van der Waals surface area (Å²) < 4.78 is 4.66. The molecular formula is C20H26Cl2N4O3. The highest BCUT2D eigenvalue weighted by atomic mass is 35.5. The van der Waals surface area contributed by atoms with Crippen LogP contribution in [0.2, 0.25) is 0 Å². The smallest absolute Gasteiger partial charge is 0.322 e. The number of ether oxygens (including phenoxy) is 1. The fourth-order valence-electron chi connectivity index (χ4n) is 3.22. The molecule has 2 unspecified atom stereocenters. The van der Waals surface area contributed by atoms with E-state index in [2.05, 4.69) is 10.1 Å². The van der Waals surface area contributed by atoms with Gasteiger partial charge in [-0.15, -0.1) is 24.8 Å². The molecule has 0 saturated carbocycles. The van der Waals surface area contributed by atoms with Crippen LogP contribution in [0.1, 0.15) is 22.7 Å². The van der Waals surface area contributed by atoms with Crippen molar-refractivity contribution in [2.24, 2.45) is 11.5 Å². The van der Waals surface area contributed by atoms with Crippen molar-refractivity contribution in [3.63, 3.8) is 0 Å². The summed E-state index contributed by atoms with van der Waals surface area (Å²) in [6.07, 6.45) is 0.402. The van der Waals surface area contributed by atoms with Crippen molar-refractivity contribution in [3.05, 3.63) is 65.2 Å². The number of nitrogens with one attached hydrogen (secondary N) is 1. The van der Waals surface area contributed by atoms with Gasteiger partial charge in [-0.1, -0.05) is 36.4 Å². The quantitative estimate of drug-likeness (QED) is 0.596. The minimum absolute atomic E-state index is 0. The lowest BCUT2D eigenvalue weighted by molar-refractivity contribution is -0.142. The summed E-state index contributed by atoms with van der Waals surface area (Å²) in [4.78, 5) is 25.6. The molecule has 29 heavy (non-hydrogen) atoms. The fourth-order valence-corrected chi connectivity index (χ4v) is 3.22. The molecule has 0 spiro atoms. The van der Waals surface area contributed by atoms with Crippen molar-refractivity contribution >= 4 is 42.5 Å². The Morgan fingerprint density at radius 3 is 2.28 bits per heavy atom. The van der Waals surface area contributed by atoms with E-state index < -0.39 is 12.0 Å². The fraction of sp³-hybridized carbons (Fsp3) is 0.300. The zero-order valence-corrected chi connectivity index (χ0v) is 17.7. The van der Waals surface area contributed by atoms with Gasteiger partial charge in [0.1, 0.15) is 6.04 Å². The van der Waals surface area contributed by atoms with Crippen LogP contribution < -0.4 is 21.7 Å². The maximum atomic E-state index is 12.4. The Kier molecular flexibility index (Phi) is 9.39. The third-order valence-electron chi connectivity index (χ3n) is 4.75. The van der Waals surface area contributed by atoms with Gasteiger partial charge in [0.25, 0.3) is 0 Å². The zero-order valence-electron chi connectivity index (χ0n) is 16.0. The molecule has 1 aliphatic rings. The number of esters is 1. The number of nitrogens with zero attached hydrogens (tertiary/aromatic N) is 1. The van der Waals surface area contributed by atoms with Gasteiger partial charge in [-0.2, -0.15) is 0 Å². The Bertz CT molecular complexity index is 815. The number of benzene rings is 2. The number of hydrogen-bond donors (Lipinski definition) is 3. The van der Waals surface area contributed by atoms with Gasteiger partial charge >= 0.3 is 12.0 Å². The van der Waals surface area contributed by atoms with E-state index in [1.54, 1.807) is 4.90 Å². The van der Waals surface area contributed by atoms with Crippen LogP contribution in [0.5, 0.6) is 0 Å². The molecule has 1 heterocycles. The highest BCUT2D eigenvalue weighted by molar-refractivity contribution is 5.95. The van der Waals surface area contributed by atoms with Gasteiger partial charge in [0.05, 0.1) is 13.2 Å². The SMILES string of the molecule is COC(=O)C(N)Cc1ccc(C2CNC(=O)N2c2ccc(CN)cc2)cc1.Cl.Cl. The van der Waals surface area contributed by atoms with Crippen LogP contribution in [-0.2, 0) is 22.5 Å². The van der Waals surface area contributed by atoms with Crippen LogP contribution in [0, 0.1) is 0 Å². The van der Waals surface area contributed by atoms with Crippen molar-refractivity contribution in [3.8, 4) is 0 Å². The van der Waals surface area contributed by atoms with Gasteiger partial charge in [-0.05, 0) is 35.2 Å². The molecule has 3 rings (SSSR count).